The lowest BCUT2D eigenvalue weighted by Gasteiger charge is -2.01. The summed E-state index contributed by atoms with van der Waals surface area (Å²) in [5, 5.41) is 9.58. The molecule has 0 saturated heterocycles. The van der Waals surface area contributed by atoms with Crippen LogP contribution in [-0.4, -0.2) is 20.2 Å². The van der Waals surface area contributed by atoms with Crippen molar-refractivity contribution in [3.8, 4) is 33.1 Å². The molecule has 4 aromatic heterocycles. The summed E-state index contributed by atoms with van der Waals surface area (Å²) < 4.78 is 13.6. The highest BCUT2D eigenvalue weighted by Gasteiger charge is 2.15. The van der Waals surface area contributed by atoms with Crippen molar-refractivity contribution in [3.05, 3.63) is 84.1 Å². The number of aromatic nitrogens is 4. The molecule has 30 heavy (non-hydrogen) atoms. The Hall–Kier alpha value is -3.77. The van der Waals surface area contributed by atoms with E-state index >= 15 is 0 Å². The van der Waals surface area contributed by atoms with E-state index in [2.05, 4.69) is 32.3 Å². The zero-order chi connectivity index (χ0) is 20.1. The van der Waals surface area contributed by atoms with E-state index in [4.69, 9.17) is 0 Å². The summed E-state index contributed by atoms with van der Waals surface area (Å²) >= 11 is 1.16. The van der Waals surface area contributed by atoms with Gasteiger partial charge in [-0.05, 0) is 48.5 Å². The van der Waals surface area contributed by atoms with Gasteiger partial charge in [-0.25, -0.2) is 0 Å². The standard InChI is InChI=1S/C24H15FN4S/c25-23-10-9-22(30-23)15-4-3-6-19-16(15)13-21(27-19)24-17-12-14(7-8-20(17)28-29-24)18-5-1-2-11-26-18/h1-13,27H,(H,28,29). The number of nitrogens with one attached hydrogen (secondary N) is 2. The highest BCUT2D eigenvalue weighted by atomic mass is 32.1. The smallest absolute Gasteiger partial charge is 0.176 e. The number of hydrogen-bond donors (Lipinski definition) is 2. The minimum atomic E-state index is -0.182. The van der Waals surface area contributed by atoms with Crippen LogP contribution in [0.4, 0.5) is 4.39 Å². The first-order valence-electron chi connectivity index (χ1n) is 9.54. The molecule has 144 valence electrons. The molecule has 6 rings (SSSR count). The summed E-state index contributed by atoms with van der Waals surface area (Å²) in [4.78, 5) is 8.85. The number of benzene rings is 2. The maximum Gasteiger partial charge on any atom is 0.176 e. The van der Waals surface area contributed by atoms with E-state index in [0.717, 1.165) is 66.2 Å². The molecule has 0 radical (unpaired) electrons. The second kappa shape index (κ2) is 6.64. The van der Waals surface area contributed by atoms with E-state index in [1.807, 2.05) is 54.6 Å². The Morgan fingerprint density at radius 2 is 1.80 bits per heavy atom. The van der Waals surface area contributed by atoms with Gasteiger partial charge >= 0.3 is 0 Å². The number of thiophene rings is 1. The Morgan fingerprint density at radius 3 is 2.63 bits per heavy atom. The molecule has 0 amide bonds. The summed E-state index contributed by atoms with van der Waals surface area (Å²) in [5.41, 5.74) is 6.69. The third-order valence-corrected chi connectivity index (χ3v) is 6.19. The molecule has 4 heterocycles. The average molecular weight is 410 g/mol. The van der Waals surface area contributed by atoms with Gasteiger partial charge in [0.2, 0.25) is 0 Å². The molecule has 0 unspecified atom stereocenters. The molecule has 0 fully saturated rings. The molecular weight excluding hydrogens is 395 g/mol. The van der Waals surface area contributed by atoms with Gasteiger partial charge in [-0.1, -0.05) is 24.3 Å². The zero-order valence-corrected chi connectivity index (χ0v) is 16.5. The molecule has 0 saturated carbocycles. The lowest BCUT2D eigenvalue weighted by molar-refractivity contribution is 0.657. The van der Waals surface area contributed by atoms with Gasteiger partial charge in [-0.15, -0.1) is 11.3 Å². The van der Waals surface area contributed by atoms with E-state index in [-0.39, 0.29) is 5.13 Å². The van der Waals surface area contributed by atoms with Crippen LogP contribution in [0.25, 0.3) is 54.9 Å². The Bertz CT molecular complexity index is 1510. The SMILES string of the molecule is Fc1ccc(-c2cccc3[nH]c(-c4n[nH]c5ccc(-c6ccccn6)cc45)cc23)s1. The van der Waals surface area contributed by atoms with Crippen LogP contribution in [0.15, 0.2) is 79.0 Å². The maximum atomic E-state index is 13.6. The average Bonchev–Trinajstić information content (AvgIpc) is 3.51. The molecule has 0 atom stereocenters. The molecule has 0 bridgehead atoms. The van der Waals surface area contributed by atoms with Gasteiger partial charge in [0.15, 0.2) is 5.13 Å². The number of fused-ring (bicyclic) bond motifs is 2. The second-order valence-corrected chi connectivity index (χ2v) is 8.14. The third kappa shape index (κ3) is 2.73. The number of halogens is 1. The van der Waals surface area contributed by atoms with Crippen molar-refractivity contribution < 1.29 is 4.39 Å². The Labute approximate surface area is 175 Å². The van der Waals surface area contributed by atoms with Crippen molar-refractivity contribution in [2.45, 2.75) is 0 Å². The number of hydrogen-bond acceptors (Lipinski definition) is 3. The first-order chi connectivity index (χ1) is 14.8. The second-order valence-electron chi connectivity index (χ2n) is 7.10. The monoisotopic (exact) mass is 410 g/mol. The van der Waals surface area contributed by atoms with Crippen LogP contribution in [-0.2, 0) is 0 Å². The van der Waals surface area contributed by atoms with Gasteiger partial charge in [0.25, 0.3) is 0 Å². The van der Waals surface area contributed by atoms with Gasteiger partial charge < -0.3 is 4.98 Å². The first kappa shape index (κ1) is 17.1. The van der Waals surface area contributed by atoms with E-state index < -0.39 is 0 Å². The van der Waals surface area contributed by atoms with Crippen LogP contribution in [0, 0.1) is 5.13 Å². The van der Waals surface area contributed by atoms with E-state index in [1.54, 1.807) is 6.20 Å². The van der Waals surface area contributed by atoms with Crippen molar-refractivity contribution in [3.63, 3.8) is 0 Å². The molecule has 6 heteroatoms. The van der Waals surface area contributed by atoms with Crippen molar-refractivity contribution >= 4 is 33.1 Å². The molecule has 4 nitrogen and oxygen atoms in total. The summed E-state index contributed by atoms with van der Waals surface area (Å²) in [5.74, 6) is 0. The van der Waals surface area contributed by atoms with E-state index in [9.17, 15) is 4.39 Å². The highest BCUT2D eigenvalue weighted by molar-refractivity contribution is 7.14. The normalized spacial score (nSPS) is 11.5. The molecule has 0 aliphatic heterocycles. The topological polar surface area (TPSA) is 57.4 Å². The van der Waals surface area contributed by atoms with Crippen LogP contribution in [0.3, 0.4) is 0 Å². The van der Waals surface area contributed by atoms with Crippen LogP contribution in [0.2, 0.25) is 0 Å². The fourth-order valence-corrected chi connectivity index (χ4v) is 4.64. The number of pyridine rings is 1. The molecule has 0 aliphatic carbocycles. The molecule has 2 aromatic carbocycles. The van der Waals surface area contributed by atoms with E-state index in [1.165, 1.54) is 6.07 Å². The predicted octanol–water partition coefficient (Wildman–Crippen LogP) is 6.64. The lowest BCUT2D eigenvalue weighted by Crippen LogP contribution is -1.82. The highest BCUT2D eigenvalue weighted by Crippen LogP contribution is 2.37. The van der Waals surface area contributed by atoms with Crippen molar-refractivity contribution in [2.75, 3.05) is 0 Å². The van der Waals surface area contributed by atoms with Gasteiger partial charge in [-0.2, -0.15) is 9.49 Å². The molecule has 6 aromatic rings. The Kier molecular flexibility index (Phi) is 3.79. The van der Waals surface area contributed by atoms with Crippen molar-refractivity contribution in [1.29, 1.82) is 0 Å². The number of nitrogens with zero attached hydrogens (tertiary/aromatic N) is 2. The third-order valence-electron chi connectivity index (χ3n) is 5.28. The van der Waals surface area contributed by atoms with Crippen molar-refractivity contribution in [1.82, 2.24) is 20.2 Å². The fraction of sp³-hybridized carbons (Fsp3) is 0. The molecule has 0 aliphatic rings. The first-order valence-corrected chi connectivity index (χ1v) is 10.4. The Morgan fingerprint density at radius 1 is 0.833 bits per heavy atom. The van der Waals surface area contributed by atoms with Gasteiger partial charge in [0.1, 0.15) is 5.69 Å². The summed E-state index contributed by atoms with van der Waals surface area (Å²) in [6.45, 7) is 0. The van der Waals surface area contributed by atoms with E-state index in [0.29, 0.717) is 0 Å². The number of rotatable bonds is 3. The lowest BCUT2D eigenvalue weighted by atomic mass is 10.1. The number of H-pyrrole nitrogens is 2. The van der Waals surface area contributed by atoms with Crippen LogP contribution in [0.5, 0.6) is 0 Å². The van der Waals surface area contributed by atoms with Crippen molar-refractivity contribution in [2.24, 2.45) is 0 Å². The molecular formula is C24H15FN4S. The minimum absolute atomic E-state index is 0.182. The predicted molar refractivity (Wildman–Crippen MR) is 120 cm³/mol. The molecule has 2 N–H and O–H groups in total. The minimum Gasteiger partial charge on any atom is -0.353 e. The molecule has 0 spiro atoms. The van der Waals surface area contributed by atoms with Gasteiger partial charge in [0, 0.05) is 38.5 Å². The van der Waals surface area contributed by atoms with Crippen LogP contribution >= 0.6 is 11.3 Å². The maximum absolute atomic E-state index is 13.6. The summed E-state index contributed by atoms with van der Waals surface area (Å²) in [6.07, 6.45) is 1.79. The fourth-order valence-electron chi connectivity index (χ4n) is 3.87. The number of aromatic amines is 2. The Balaban J connectivity index is 1.52. The van der Waals surface area contributed by atoms with Gasteiger partial charge in [0.05, 0.1) is 16.9 Å². The van der Waals surface area contributed by atoms with Crippen LogP contribution < -0.4 is 0 Å². The zero-order valence-electron chi connectivity index (χ0n) is 15.7. The largest absolute Gasteiger partial charge is 0.353 e. The summed E-state index contributed by atoms with van der Waals surface area (Å²) in [6, 6.07) is 23.5. The quantitative estimate of drug-likeness (QED) is 0.343. The summed E-state index contributed by atoms with van der Waals surface area (Å²) in [7, 11) is 0. The van der Waals surface area contributed by atoms with Crippen LogP contribution in [0.1, 0.15) is 0 Å². The van der Waals surface area contributed by atoms with Gasteiger partial charge in [-0.3, -0.25) is 10.1 Å².